The predicted octanol–water partition coefficient (Wildman–Crippen LogP) is 0.656. The maximum absolute atomic E-state index is 11.0. The molecular formula is C7H9NO. The third-order valence-electron chi connectivity index (χ3n) is 2.19. The van der Waals surface area contributed by atoms with Gasteiger partial charge in [0.25, 0.3) is 0 Å². The number of fused-ring (bicyclic) bond motifs is 1. The zero-order chi connectivity index (χ0) is 6.65. The van der Waals surface area contributed by atoms with Crippen LogP contribution in [0.5, 0.6) is 0 Å². The number of allylic oxidation sites excluding steroid dienone is 2. The average molecular weight is 123 g/mol. The molecule has 2 aliphatic rings. The molecule has 2 heteroatoms. The molecule has 1 saturated heterocycles. The molecule has 1 aliphatic carbocycles. The molecule has 9 heavy (non-hydrogen) atoms. The highest BCUT2D eigenvalue weighted by Crippen LogP contribution is 2.47. The van der Waals surface area contributed by atoms with Crippen LogP contribution in [0, 0.1) is 11.3 Å². The molecule has 0 aromatic rings. The van der Waals surface area contributed by atoms with E-state index in [0.717, 1.165) is 5.70 Å². The Morgan fingerprint density at radius 3 is 2.56 bits per heavy atom. The molecule has 0 spiro atoms. The number of hydrogen-bond acceptors (Lipinski definition) is 1. The lowest BCUT2D eigenvalue weighted by Gasteiger charge is -2.14. The standard InChI is InChI=1S/C7H9NO/c1-7(2)4-3-5(4)8-6(7)9/h3-4H,1-2H3,(H,8,9). The van der Waals surface area contributed by atoms with E-state index in [0.29, 0.717) is 5.92 Å². The summed E-state index contributed by atoms with van der Waals surface area (Å²) < 4.78 is 0. The van der Waals surface area contributed by atoms with Crippen molar-refractivity contribution in [3.05, 3.63) is 11.8 Å². The van der Waals surface area contributed by atoms with Gasteiger partial charge in [-0.05, 0) is 0 Å². The Morgan fingerprint density at radius 2 is 2.33 bits per heavy atom. The summed E-state index contributed by atoms with van der Waals surface area (Å²) in [5, 5.41) is 2.80. The summed E-state index contributed by atoms with van der Waals surface area (Å²) in [5.74, 6) is 0.606. The zero-order valence-corrected chi connectivity index (χ0v) is 5.56. The number of nitrogens with one attached hydrogen (secondary N) is 1. The Labute approximate surface area is 53.9 Å². The molecule has 0 radical (unpaired) electrons. The van der Waals surface area contributed by atoms with E-state index in [9.17, 15) is 4.79 Å². The van der Waals surface area contributed by atoms with E-state index in [-0.39, 0.29) is 11.3 Å². The summed E-state index contributed by atoms with van der Waals surface area (Å²) in [7, 11) is 0. The number of amides is 1. The topological polar surface area (TPSA) is 29.1 Å². The van der Waals surface area contributed by atoms with Gasteiger partial charge in [-0.25, -0.2) is 0 Å². The lowest BCUT2D eigenvalue weighted by molar-refractivity contribution is -0.126. The third kappa shape index (κ3) is 0.435. The molecule has 1 unspecified atom stereocenters. The van der Waals surface area contributed by atoms with Gasteiger partial charge < -0.3 is 5.32 Å². The second kappa shape index (κ2) is 1.06. The monoisotopic (exact) mass is 123 g/mol. The second-order valence-electron chi connectivity index (χ2n) is 3.28. The Bertz CT molecular complexity index is 215. The predicted molar refractivity (Wildman–Crippen MR) is 33.5 cm³/mol. The Hall–Kier alpha value is -0.790. The highest BCUT2D eigenvalue weighted by molar-refractivity contribution is 5.90. The lowest BCUT2D eigenvalue weighted by atomic mass is 9.87. The first-order valence-corrected chi connectivity index (χ1v) is 3.15. The van der Waals surface area contributed by atoms with Gasteiger partial charge in [0.05, 0.1) is 5.41 Å². The minimum absolute atomic E-state index is 0.157. The molecule has 48 valence electrons. The molecule has 2 rings (SSSR count). The molecule has 1 N–H and O–H groups in total. The van der Waals surface area contributed by atoms with Crippen molar-refractivity contribution in [2.75, 3.05) is 0 Å². The smallest absolute Gasteiger partial charge is 0.230 e. The number of carbonyl (C=O) groups excluding carboxylic acids is 1. The molecule has 1 amide bonds. The Balaban J connectivity index is 2.36. The summed E-state index contributed by atoms with van der Waals surface area (Å²) in [6, 6.07) is 0. The fourth-order valence-electron chi connectivity index (χ4n) is 1.28. The molecule has 0 aromatic carbocycles. The largest absolute Gasteiger partial charge is 0.329 e. The van der Waals surface area contributed by atoms with Gasteiger partial charge in [-0.1, -0.05) is 19.9 Å². The van der Waals surface area contributed by atoms with Gasteiger partial charge in [0, 0.05) is 11.6 Å². The fourth-order valence-corrected chi connectivity index (χ4v) is 1.28. The molecule has 2 nitrogen and oxygen atoms in total. The van der Waals surface area contributed by atoms with Crippen molar-refractivity contribution in [2.24, 2.45) is 11.3 Å². The van der Waals surface area contributed by atoms with Gasteiger partial charge in [-0.2, -0.15) is 0 Å². The van der Waals surface area contributed by atoms with E-state index in [4.69, 9.17) is 0 Å². The van der Waals surface area contributed by atoms with E-state index < -0.39 is 0 Å². The van der Waals surface area contributed by atoms with E-state index >= 15 is 0 Å². The minimum Gasteiger partial charge on any atom is -0.329 e. The minimum atomic E-state index is -0.157. The van der Waals surface area contributed by atoms with Gasteiger partial charge >= 0.3 is 0 Å². The van der Waals surface area contributed by atoms with Gasteiger partial charge in [-0.15, -0.1) is 0 Å². The Morgan fingerprint density at radius 1 is 1.67 bits per heavy atom. The first kappa shape index (κ1) is 5.03. The quantitative estimate of drug-likeness (QED) is 0.503. The summed E-state index contributed by atoms with van der Waals surface area (Å²) in [6.07, 6.45) is 2.10. The van der Waals surface area contributed by atoms with Crippen molar-refractivity contribution in [3.63, 3.8) is 0 Å². The molecular weight excluding hydrogens is 114 g/mol. The molecule has 1 aliphatic heterocycles. The zero-order valence-electron chi connectivity index (χ0n) is 5.56. The van der Waals surface area contributed by atoms with Gasteiger partial charge in [0.2, 0.25) is 5.91 Å². The molecule has 1 heterocycles. The van der Waals surface area contributed by atoms with Crippen molar-refractivity contribution < 1.29 is 4.79 Å². The molecule has 1 atom stereocenters. The van der Waals surface area contributed by atoms with E-state index in [1.165, 1.54) is 0 Å². The first-order chi connectivity index (χ1) is 4.12. The maximum atomic E-state index is 11.0. The summed E-state index contributed by atoms with van der Waals surface area (Å²) in [6.45, 7) is 3.95. The third-order valence-corrected chi connectivity index (χ3v) is 2.19. The number of rotatable bonds is 0. The van der Waals surface area contributed by atoms with E-state index in [2.05, 4.69) is 11.4 Å². The second-order valence-corrected chi connectivity index (χ2v) is 3.28. The van der Waals surface area contributed by atoms with Crippen LogP contribution in [0.4, 0.5) is 0 Å². The summed E-state index contributed by atoms with van der Waals surface area (Å²) in [4.78, 5) is 11.0. The van der Waals surface area contributed by atoms with Gasteiger partial charge in [0.15, 0.2) is 0 Å². The van der Waals surface area contributed by atoms with Crippen LogP contribution in [0.2, 0.25) is 0 Å². The molecule has 0 aromatic heterocycles. The van der Waals surface area contributed by atoms with Crippen LogP contribution in [-0.4, -0.2) is 5.91 Å². The van der Waals surface area contributed by atoms with Crippen LogP contribution in [-0.2, 0) is 4.79 Å². The van der Waals surface area contributed by atoms with Crippen LogP contribution in [0.3, 0.4) is 0 Å². The van der Waals surface area contributed by atoms with Crippen LogP contribution in [0.1, 0.15) is 13.8 Å². The van der Waals surface area contributed by atoms with Gasteiger partial charge in [0.1, 0.15) is 0 Å². The average Bonchev–Trinajstić information content (AvgIpc) is 2.41. The fraction of sp³-hybridized carbons (Fsp3) is 0.571. The number of hydrogen-bond donors (Lipinski definition) is 1. The van der Waals surface area contributed by atoms with Crippen molar-refractivity contribution in [3.8, 4) is 0 Å². The van der Waals surface area contributed by atoms with Crippen molar-refractivity contribution >= 4 is 5.91 Å². The van der Waals surface area contributed by atoms with Crippen LogP contribution < -0.4 is 5.32 Å². The van der Waals surface area contributed by atoms with Crippen molar-refractivity contribution in [1.29, 1.82) is 0 Å². The van der Waals surface area contributed by atoms with Crippen LogP contribution in [0.25, 0.3) is 0 Å². The lowest BCUT2D eigenvalue weighted by Crippen LogP contribution is -2.28. The van der Waals surface area contributed by atoms with E-state index in [1.807, 2.05) is 13.8 Å². The normalized spacial score (nSPS) is 35.1. The molecule has 0 saturated carbocycles. The van der Waals surface area contributed by atoms with Crippen molar-refractivity contribution in [2.45, 2.75) is 13.8 Å². The maximum Gasteiger partial charge on any atom is 0.230 e. The van der Waals surface area contributed by atoms with E-state index in [1.54, 1.807) is 0 Å². The van der Waals surface area contributed by atoms with Gasteiger partial charge in [-0.3, -0.25) is 4.79 Å². The van der Waals surface area contributed by atoms with Crippen LogP contribution in [0.15, 0.2) is 11.8 Å². The number of carbonyl (C=O) groups is 1. The Kier molecular flexibility index (Phi) is 0.592. The molecule has 1 fully saturated rings. The summed E-state index contributed by atoms with van der Waals surface area (Å²) >= 11 is 0. The van der Waals surface area contributed by atoms with Crippen LogP contribution >= 0.6 is 0 Å². The van der Waals surface area contributed by atoms with Crippen molar-refractivity contribution in [1.82, 2.24) is 5.32 Å². The summed E-state index contributed by atoms with van der Waals surface area (Å²) in [5.41, 5.74) is 0.972. The highest BCUT2D eigenvalue weighted by Gasteiger charge is 2.51. The SMILES string of the molecule is CC1(C)C(=O)NC2=CC21. The highest BCUT2D eigenvalue weighted by atomic mass is 16.2. The molecule has 0 bridgehead atoms. The first-order valence-electron chi connectivity index (χ1n) is 3.15.